The van der Waals surface area contributed by atoms with Gasteiger partial charge in [0.05, 0.1) is 6.10 Å². The summed E-state index contributed by atoms with van der Waals surface area (Å²) >= 11 is 0. The number of aromatic nitrogens is 2. The van der Waals surface area contributed by atoms with E-state index in [2.05, 4.69) is 27.2 Å². The van der Waals surface area contributed by atoms with Crippen LogP contribution in [0.25, 0.3) is 11.4 Å². The highest BCUT2D eigenvalue weighted by Gasteiger charge is 2.17. The second-order valence-electron chi connectivity index (χ2n) is 5.84. The predicted molar refractivity (Wildman–Crippen MR) is 97.5 cm³/mol. The second-order valence-corrected chi connectivity index (χ2v) is 5.84. The number of hydrogen-bond donors (Lipinski definition) is 2. The molecule has 2 aromatic rings. The molecule has 2 heterocycles. The summed E-state index contributed by atoms with van der Waals surface area (Å²) in [7, 11) is 0. The van der Waals surface area contributed by atoms with Crippen LogP contribution in [-0.2, 0) is 4.74 Å². The number of benzene rings is 1. The second kappa shape index (κ2) is 8.39. The number of hydrogen-bond acceptors (Lipinski definition) is 5. The predicted octanol–water partition coefficient (Wildman–Crippen LogP) is 2.65. The van der Waals surface area contributed by atoms with Crippen molar-refractivity contribution in [1.82, 2.24) is 15.3 Å². The van der Waals surface area contributed by atoms with Crippen molar-refractivity contribution in [2.45, 2.75) is 18.9 Å². The maximum absolute atomic E-state index is 12.3. The summed E-state index contributed by atoms with van der Waals surface area (Å²) in [5.41, 5.74) is 1.19. The Morgan fingerprint density at radius 1 is 1.32 bits per heavy atom. The van der Waals surface area contributed by atoms with Gasteiger partial charge >= 0.3 is 0 Å². The summed E-state index contributed by atoms with van der Waals surface area (Å²) in [4.78, 5) is 21.3. The normalized spacial score (nSPS) is 16.4. The van der Waals surface area contributed by atoms with E-state index in [9.17, 15) is 4.79 Å². The van der Waals surface area contributed by atoms with Gasteiger partial charge in [-0.1, -0.05) is 36.4 Å². The molecule has 1 aliphatic heterocycles. The fraction of sp³-hybridized carbons (Fsp3) is 0.316. The van der Waals surface area contributed by atoms with Gasteiger partial charge in [0.2, 0.25) is 0 Å². The van der Waals surface area contributed by atoms with Crippen LogP contribution in [0.3, 0.4) is 0 Å². The number of nitrogens with zero attached hydrogens (tertiary/aromatic N) is 2. The first-order chi connectivity index (χ1) is 12.3. The van der Waals surface area contributed by atoms with Crippen LogP contribution in [0.4, 0.5) is 5.82 Å². The van der Waals surface area contributed by atoms with Crippen LogP contribution in [0, 0.1) is 0 Å². The summed E-state index contributed by atoms with van der Waals surface area (Å²) in [6.45, 7) is 5.47. The van der Waals surface area contributed by atoms with Crippen LogP contribution in [0.1, 0.15) is 23.3 Å². The van der Waals surface area contributed by atoms with E-state index in [1.807, 2.05) is 30.3 Å². The molecule has 0 bridgehead atoms. The zero-order chi connectivity index (χ0) is 17.5. The number of rotatable bonds is 7. The molecule has 0 spiro atoms. The lowest BCUT2D eigenvalue weighted by molar-refractivity contribution is 0.0953. The molecule has 25 heavy (non-hydrogen) atoms. The Labute approximate surface area is 147 Å². The van der Waals surface area contributed by atoms with Gasteiger partial charge in [-0.05, 0) is 12.8 Å². The summed E-state index contributed by atoms with van der Waals surface area (Å²) in [6.07, 6.45) is 3.94. The van der Waals surface area contributed by atoms with Crippen LogP contribution >= 0.6 is 0 Å². The molecule has 6 heteroatoms. The zero-order valence-corrected chi connectivity index (χ0v) is 14.1. The third kappa shape index (κ3) is 4.64. The van der Waals surface area contributed by atoms with Crippen LogP contribution in [0.2, 0.25) is 0 Å². The van der Waals surface area contributed by atoms with Crippen molar-refractivity contribution in [3.8, 4) is 11.4 Å². The van der Waals surface area contributed by atoms with Gasteiger partial charge in [0, 0.05) is 31.3 Å². The molecule has 3 rings (SSSR count). The van der Waals surface area contributed by atoms with Crippen LogP contribution < -0.4 is 10.6 Å². The summed E-state index contributed by atoms with van der Waals surface area (Å²) < 4.78 is 5.62. The van der Waals surface area contributed by atoms with E-state index in [4.69, 9.17) is 4.74 Å². The van der Waals surface area contributed by atoms with Crippen molar-refractivity contribution in [3.05, 3.63) is 54.7 Å². The molecule has 2 N–H and O–H groups in total. The van der Waals surface area contributed by atoms with E-state index in [1.54, 1.807) is 12.1 Å². The number of anilines is 1. The third-order valence-electron chi connectivity index (χ3n) is 3.93. The van der Waals surface area contributed by atoms with Gasteiger partial charge in [-0.2, -0.15) is 0 Å². The first-order valence-corrected chi connectivity index (χ1v) is 8.45. The minimum absolute atomic E-state index is 0.188. The smallest absolute Gasteiger partial charge is 0.270 e. The number of carbonyl (C=O) groups excluding carboxylic acids is 1. The largest absolute Gasteiger partial charge is 0.376 e. The van der Waals surface area contributed by atoms with E-state index in [0.29, 0.717) is 30.4 Å². The monoisotopic (exact) mass is 338 g/mol. The van der Waals surface area contributed by atoms with Crippen molar-refractivity contribution in [3.63, 3.8) is 0 Å². The highest BCUT2D eigenvalue weighted by Crippen LogP contribution is 2.19. The molecule has 1 atom stereocenters. The van der Waals surface area contributed by atoms with Gasteiger partial charge in [0.1, 0.15) is 11.5 Å². The fourth-order valence-corrected chi connectivity index (χ4v) is 2.65. The number of carbonyl (C=O) groups is 1. The Kier molecular flexibility index (Phi) is 5.74. The highest BCUT2D eigenvalue weighted by molar-refractivity contribution is 5.93. The van der Waals surface area contributed by atoms with Gasteiger partial charge in [-0.3, -0.25) is 4.79 Å². The Morgan fingerprint density at radius 2 is 2.16 bits per heavy atom. The minimum atomic E-state index is -0.250. The molecule has 0 aliphatic carbocycles. The number of nitrogens with one attached hydrogen (secondary N) is 2. The van der Waals surface area contributed by atoms with Crippen LogP contribution in [-0.4, -0.2) is 41.7 Å². The standard InChI is InChI=1S/C19H22N4O2/c1-2-10-20-19(24)16-12-17(21-13-15-9-6-11-25-15)23-18(22-16)14-7-4-3-5-8-14/h2-5,7-8,12,15H,1,6,9-11,13H2,(H,20,24)(H,21,22,23). The molecule has 1 fully saturated rings. The molecule has 1 aliphatic rings. The molecule has 1 unspecified atom stereocenters. The topological polar surface area (TPSA) is 76.1 Å². The zero-order valence-electron chi connectivity index (χ0n) is 14.1. The Balaban J connectivity index is 1.84. The lowest BCUT2D eigenvalue weighted by Gasteiger charge is -2.13. The van der Waals surface area contributed by atoms with Gasteiger partial charge in [0.15, 0.2) is 5.82 Å². The van der Waals surface area contributed by atoms with Crippen molar-refractivity contribution >= 4 is 11.7 Å². The first-order valence-electron chi connectivity index (χ1n) is 8.45. The molecule has 0 radical (unpaired) electrons. The third-order valence-corrected chi connectivity index (χ3v) is 3.93. The molecule has 1 amide bonds. The van der Waals surface area contributed by atoms with Gasteiger partial charge < -0.3 is 15.4 Å². The van der Waals surface area contributed by atoms with E-state index >= 15 is 0 Å². The summed E-state index contributed by atoms with van der Waals surface area (Å²) in [5.74, 6) is 0.884. The van der Waals surface area contributed by atoms with Gasteiger partial charge in [-0.15, -0.1) is 6.58 Å². The Hall–Kier alpha value is -2.73. The molecule has 1 aromatic heterocycles. The Bertz CT molecular complexity index is 727. The molecule has 130 valence electrons. The Morgan fingerprint density at radius 3 is 2.88 bits per heavy atom. The lowest BCUT2D eigenvalue weighted by Crippen LogP contribution is -2.25. The molecule has 1 saturated heterocycles. The number of ether oxygens (including phenoxy) is 1. The minimum Gasteiger partial charge on any atom is -0.376 e. The molecule has 6 nitrogen and oxygen atoms in total. The van der Waals surface area contributed by atoms with Crippen LogP contribution in [0.5, 0.6) is 0 Å². The maximum Gasteiger partial charge on any atom is 0.270 e. The highest BCUT2D eigenvalue weighted by atomic mass is 16.5. The van der Waals surface area contributed by atoms with E-state index in [-0.39, 0.29) is 12.0 Å². The van der Waals surface area contributed by atoms with E-state index in [0.717, 1.165) is 25.0 Å². The molecular weight excluding hydrogens is 316 g/mol. The van der Waals surface area contributed by atoms with E-state index in [1.165, 1.54) is 0 Å². The number of amides is 1. The average molecular weight is 338 g/mol. The van der Waals surface area contributed by atoms with Gasteiger partial charge in [-0.25, -0.2) is 9.97 Å². The SMILES string of the molecule is C=CCNC(=O)c1cc(NCC2CCCO2)nc(-c2ccccc2)n1. The van der Waals surface area contributed by atoms with Crippen molar-refractivity contribution in [1.29, 1.82) is 0 Å². The quantitative estimate of drug-likeness (QED) is 0.759. The first kappa shape index (κ1) is 17.1. The lowest BCUT2D eigenvalue weighted by atomic mass is 10.2. The molecule has 1 aromatic carbocycles. The van der Waals surface area contributed by atoms with E-state index < -0.39 is 0 Å². The van der Waals surface area contributed by atoms with Crippen LogP contribution in [0.15, 0.2) is 49.1 Å². The van der Waals surface area contributed by atoms with Crippen molar-refractivity contribution < 1.29 is 9.53 Å². The van der Waals surface area contributed by atoms with Crippen molar-refractivity contribution in [2.75, 3.05) is 25.0 Å². The average Bonchev–Trinajstić information content (AvgIpc) is 3.18. The van der Waals surface area contributed by atoms with Gasteiger partial charge in [0.25, 0.3) is 5.91 Å². The molecular formula is C19H22N4O2. The summed E-state index contributed by atoms with van der Waals surface area (Å²) in [6, 6.07) is 11.3. The fourth-order valence-electron chi connectivity index (χ4n) is 2.65. The van der Waals surface area contributed by atoms with Crippen molar-refractivity contribution in [2.24, 2.45) is 0 Å². The summed E-state index contributed by atoms with van der Waals surface area (Å²) in [5, 5.41) is 6.02. The maximum atomic E-state index is 12.3. The molecule has 0 saturated carbocycles.